The largest absolute Gasteiger partial charge is 0.366 e. The molecule has 1 atom stereocenters. The summed E-state index contributed by atoms with van der Waals surface area (Å²) in [5.74, 6) is -1.55. The smallest absolute Gasteiger partial charge is 0.182 e. The van der Waals surface area contributed by atoms with E-state index in [0.717, 1.165) is 32.6 Å². The van der Waals surface area contributed by atoms with E-state index in [0.29, 0.717) is 11.7 Å². The number of fused-ring (bicyclic) bond motifs is 1. The first-order chi connectivity index (χ1) is 9.70. The van der Waals surface area contributed by atoms with E-state index < -0.39 is 11.6 Å². The first kappa shape index (κ1) is 13.8. The summed E-state index contributed by atoms with van der Waals surface area (Å²) in [6, 6.07) is 3.74. The fraction of sp³-hybridized carbons (Fsp3) is 0.600. The molecular weight excluding hydrogens is 260 g/mol. The van der Waals surface area contributed by atoms with Crippen molar-refractivity contribution in [3.63, 3.8) is 0 Å². The van der Waals surface area contributed by atoms with Crippen LogP contribution in [-0.2, 0) is 6.54 Å². The molecule has 3 rings (SSSR count). The molecule has 2 fully saturated rings. The van der Waals surface area contributed by atoms with Crippen molar-refractivity contribution >= 4 is 5.69 Å². The van der Waals surface area contributed by atoms with Gasteiger partial charge in [0.2, 0.25) is 0 Å². The molecule has 110 valence electrons. The number of hydrogen-bond donors (Lipinski definition) is 1. The zero-order valence-corrected chi connectivity index (χ0v) is 11.6. The van der Waals surface area contributed by atoms with Gasteiger partial charge in [0, 0.05) is 37.8 Å². The van der Waals surface area contributed by atoms with Crippen molar-refractivity contribution in [3.05, 3.63) is 29.3 Å². The molecule has 3 nitrogen and oxygen atoms in total. The molecular formula is C15H21F2N3. The highest BCUT2D eigenvalue weighted by molar-refractivity contribution is 5.50. The summed E-state index contributed by atoms with van der Waals surface area (Å²) in [5.41, 5.74) is 6.03. The molecule has 20 heavy (non-hydrogen) atoms. The Morgan fingerprint density at radius 1 is 1.10 bits per heavy atom. The van der Waals surface area contributed by atoms with Gasteiger partial charge in [-0.15, -0.1) is 0 Å². The highest BCUT2D eigenvalue weighted by atomic mass is 19.2. The Morgan fingerprint density at radius 3 is 2.75 bits per heavy atom. The molecule has 2 saturated heterocycles. The van der Waals surface area contributed by atoms with Crippen molar-refractivity contribution in [3.8, 4) is 0 Å². The second-order valence-corrected chi connectivity index (χ2v) is 5.71. The van der Waals surface area contributed by atoms with Gasteiger partial charge in [-0.2, -0.15) is 0 Å². The Hall–Kier alpha value is -1.20. The Labute approximate surface area is 118 Å². The molecule has 1 aromatic rings. The van der Waals surface area contributed by atoms with Crippen LogP contribution >= 0.6 is 0 Å². The number of anilines is 1. The van der Waals surface area contributed by atoms with E-state index in [2.05, 4.69) is 4.90 Å². The maximum absolute atomic E-state index is 14.2. The van der Waals surface area contributed by atoms with E-state index in [1.54, 1.807) is 12.1 Å². The summed E-state index contributed by atoms with van der Waals surface area (Å²) < 4.78 is 28.0. The van der Waals surface area contributed by atoms with E-state index in [1.165, 1.54) is 12.8 Å². The molecule has 0 aromatic heterocycles. The molecule has 0 aliphatic carbocycles. The molecule has 1 aromatic carbocycles. The van der Waals surface area contributed by atoms with Crippen LogP contribution in [0.1, 0.15) is 24.8 Å². The SMILES string of the molecule is NCc1ccc(N2CCN3CCCCC3C2)c(F)c1F. The maximum atomic E-state index is 14.2. The fourth-order valence-corrected chi connectivity index (χ4v) is 3.36. The monoisotopic (exact) mass is 281 g/mol. The lowest BCUT2D eigenvalue weighted by molar-refractivity contribution is 0.133. The summed E-state index contributed by atoms with van der Waals surface area (Å²) in [7, 11) is 0. The summed E-state index contributed by atoms with van der Waals surface area (Å²) in [6.45, 7) is 3.65. The van der Waals surface area contributed by atoms with Gasteiger partial charge < -0.3 is 10.6 Å². The third kappa shape index (κ3) is 2.40. The molecule has 2 aliphatic heterocycles. The number of hydrogen-bond acceptors (Lipinski definition) is 3. The van der Waals surface area contributed by atoms with Gasteiger partial charge in [0.05, 0.1) is 5.69 Å². The molecule has 2 heterocycles. The molecule has 0 bridgehead atoms. The summed E-state index contributed by atoms with van der Waals surface area (Å²) in [5, 5.41) is 0. The zero-order valence-electron chi connectivity index (χ0n) is 11.6. The van der Waals surface area contributed by atoms with Gasteiger partial charge in [0.1, 0.15) is 0 Å². The number of benzene rings is 1. The van der Waals surface area contributed by atoms with Gasteiger partial charge in [-0.25, -0.2) is 8.78 Å². The van der Waals surface area contributed by atoms with Crippen LogP contribution in [0.3, 0.4) is 0 Å². The second-order valence-electron chi connectivity index (χ2n) is 5.71. The maximum Gasteiger partial charge on any atom is 0.182 e. The molecule has 2 N–H and O–H groups in total. The molecule has 0 saturated carbocycles. The Bertz CT molecular complexity index is 492. The predicted octanol–water partition coefficient (Wildman–Crippen LogP) is 2.10. The van der Waals surface area contributed by atoms with Crippen molar-refractivity contribution in [1.29, 1.82) is 0 Å². The topological polar surface area (TPSA) is 32.5 Å². The minimum atomic E-state index is -0.795. The Morgan fingerprint density at radius 2 is 1.95 bits per heavy atom. The van der Waals surface area contributed by atoms with Crippen LogP contribution in [0.15, 0.2) is 12.1 Å². The standard InChI is InChI=1S/C15H21F2N3/c16-14-11(9-18)4-5-13(15(14)17)20-8-7-19-6-2-1-3-12(19)10-20/h4-5,12H,1-3,6-10,18H2. The molecule has 1 unspecified atom stereocenters. The van der Waals surface area contributed by atoms with Crippen LogP contribution in [0.2, 0.25) is 0 Å². The molecule has 0 amide bonds. The lowest BCUT2D eigenvalue weighted by Crippen LogP contribution is -2.55. The first-order valence-electron chi connectivity index (χ1n) is 7.36. The number of nitrogens with zero attached hydrogens (tertiary/aromatic N) is 2. The zero-order chi connectivity index (χ0) is 14.1. The number of rotatable bonds is 2. The average Bonchev–Trinajstić information content (AvgIpc) is 2.49. The highest BCUT2D eigenvalue weighted by Gasteiger charge is 2.30. The Balaban J connectivity index is 1.81. The average molecular weight is 281 g/mol. The number of piperazine rings is 1. The third-order valence-corrected chi connectivity index (χ3v) is 4.54. The van der Waals surface area contributed by atoms with Crippen molar-refractivity contribution in [2.45, 2.75) is 31.8 Å². The lowest BCUT2D eigenvalue weighted by Gasteiger charge is -2.45. The summed E-state index contributed by atoms with van der Waals surface area (Å²) >= 11 is 0. The van der Waals surface area contributed by atoms with Gasteiger partial charge in [-0.1, -0.05) is 12.5 Å². The van der Waals surface area contributed by atoms with Gasteiger partial charge in [-0.3, -0.25) is 4.90 Å². The Kier molecular flexibility index (Phi) is 3.89. The van der Waals surface area contributed by atoms with Crippen molar-refractivity contribution in [2.24, 2.45) is 5.73 Å². The summed E-state index contributed by atoms with van der Waals surface area (Å²) in [6.07, 6.45) is 3.64. The number of halogens is 2. The first-order valence-corrected chi connectivity index (χ1v) is 7.36. The van der Waals surface area contributed by atoms with Crippen LogP contribution < -0.4 is 10.6 Å². The highest BCUT2D eigenvalue weighted by Crippen LogP contribution is 2.28. The van der Waals surface area contributed by atoms with Crippen LogP contribution in [-0.4, -0.2) is 37.1 Å². The van der Waals surface area contributed by atoms with Crippen molar-refractivity contribution in [1.82, 2.24) is 4.90 Å². The quantitative estimate of drug-likeness (QED) is 0.901. The van der Waals surface area contributed by atoms with E-state index in [4.69, 9.17) is 5.73 Å². The van der Waals surface area contributed by atoms with E-state index in [1.807, 2.05) is 4.90 Å². The van der Waals surface area contributed by atoms with Gasteiger partial charge in [0.15, 0.2) is 11.6 Å². The van der Waals surface area contributed by atoms with E-state index in [9.17, 15) is 8.78 Å². The normalized spacial score (nSPS) is 23.8. The van der Waals surface area contributed by atoms with Crippen molar-refractivity contribution in [2.75, 3.05) is 31.1 Å². The van der Waals surface area contributed by atoms with Gasteiger partial charge >= 0.3 is 0 Å². The van der Waals surface area contributed by atoms with E-state index >= 15 is 0 Å². The third-order valence-electron chi connectivity index (χ3n) is 4.54. The molecule has 0 spiro atoms. The molecule has 5 heteroatoms. The fourth-order valence-electron chi connectivity index (χ4n) is 3.36. The van der Waals surface area contributed by atoms with Crippen LogP contribution in [0, 0.1) is 11.6 Å². The van der Waals surface area contributed by atoms with Crippen LogP contribution in [0.4, 0.5) is 14.5 Å². The molecule has 2 aliphatic rings. The number of nitrogens with two attached hydrogens (primary N) is 1. The number of piperidine rings is 1. The minimum Gasteiger partial charge on any atom is -0.366 e. The summed E-state index contributed by atoms with van der Waals surface area (Å²) in [4.78, 5) is 4.45. The second kappa shape index (κ2) is 5.66. The van der Waals surface area contributed by atoms with Crippen LogP contribution in [0.25, 0.3) is 0 Å². The minimum absolute atomic E-state index is 0.0272. The van der Waals surface area contributed by atoms with Gasteiger partial charge in [0.25, 0.3) is 0 Å². The van der Waals surface area contributed by atoms with Crippen molar-refractivity contribution < 1.29 is 8.78 Å². The van der Waals surface area contributed by atoms with Gasteiger partial charge in [-0.05, 0) is 25.5 Å². The molecule has 0 radical (unpaired) electrons. The van der Waals surface area contributed by atoms with E-state index in [-0.39, 0.29) is 12.1 Å². The predicted molar refractivity (Wildman–Crippen MR) is 75.7 cm³/mol. The van der Waals surface area contributed by atoms with Crippen LogP contribution in [0.5, 0.6) is 0 Å². The lowest BCUT2D eigenvalue weighted by atomic mass is 9.99.